The van der Waals surface area contributed by atoms with E-state index in [-0.39, 0.29) is 61.7 Å². The molecule has 0 spiro atoms. The number of carbonyl (C=O) groups excluding carboxylic acids is 1. The van der Waals surface area contributed by atoms with E-state index in [0.29, 0.717) is 6.07 Å². The first-order valence-electron chi connectivity index (χ1n) is 13.5. The van der Waals surface area contributed by atoms with E-state index in [1.807, 2.05) is 0 Å². The molecule has 2 aromatic rings. The smallest absolute Gasteiger partial charge is 0.320 e. The molecule has 3 fully saturated rings. The van der Waals surface area contributed by atoms with Crippen LogP contribution in [0.15, 0.2) is 47.4 Å². The second-order valence-electron chi connectivity index (χ2n) is 11.6. The molecule has 240 valence electrons. The first-order chi connectivity index (χ1) is 20.3. The van der Waals surface area contributed by atoms with E-state index in [1.165, 1.54) is 9.80 Å². The van der Waals surface area contributed by atoms with Crippen LogP contribution in [0, 0.1) is 5.82 Å². The lowest BCUT2D eigenvalue weighted by atomic mass is 9.77. The molecule has 4 atom stereocenters. The van der Waals surface area contributed by atoms with E-state index in [9.17, 15) is 56.8 Å². The van der Waals surface area contributed by atoms with Gasteiger partial charge in [-0.25, -0.2) is 30.4 Å². The van der Waals surface area contributed by atoms with Gasteiger partial charge in [-0.05, 0) is 61.1 Å². The number of amides is 2. The molecule has 3 heterocycles. The van der Waals surface area contributed by atoms with E-state index in [1.54, 1.807) is 0 Å². The maximum Gasteiger partial charge on any atom is 0.435 e. The standard InChI is InChI=1S/C27H24F8N2O5S2/c28-17-3-5-19(6-4-17)44(41,42)24-9-10-36(23(38)37-13-20-12-18(37)14-43(20,39)40)22(24)8-1-15-11-16(2-7-21(15)24)25(29,26(30,31)32)27(33,34)35/h2-7,11,18,20,22H,1,8-10,12-14H2/t18-,20-,22+,24+/m0/s1. The second kappa shape index (κ2) is 9.53. The topological polar surface area (TPSA) is 91.8 Å². The molecule has 0 N–H and O–H groups in total. The third kappa shape index (κ3) is 4.13. The van der Waals surface area contributed by atoms with Crippen LogP contribution in [-0.4, -0.2) is 81.2 Å². The molecule has 0 unspecified atom stereocenters. The number of halogens is 8. The Hall–Kier alpha value is -2.95. The highest BCUT2D eigenvalue weighted by Gasteiger charge is 2.74. The summed E-state index contributed by atoms with van der Waals surface area (Å²) in [4.78, 5) is 16.0. The molecule has 3 saturated heterocycles. The van der Waals surface area contributed by atoms with Crippen molar-refractivity contribution in [2.45, 2.75) is 70.7 Å². The highest BCUT2D eigenvalue weighted by atomic mass is 32.2. The number of likely N-dealkylation sites (tertiary alicyclic amines) is 2. The van der Waals surface area contributed by atoms with Gasteiger partial charge in [-0.3, -0.25) is 0 Å². The van der Waals surface area contributed by atoms with E-state index >= 15 is 0 Å². The maximum absolute atomic E-state index is 15.0. The normalized spacial score (nSPS) is 28.2. The predicted molar refractivity (Wildman–Crippen MR) is 138 cm³/mol. The summed E-state index contributed by atoms with van der Waals surface area (Å²) < 4.78 is 161. The average molecular weight is 673 g/mol. The molecule has 1 aliphatic carbocycles. The summed E-state index contributed by atoms with van der Waals surface area (Å²) in [6.07, 6.45) is -13.4. The van der Waals surface area contributed by atoms with Crippen molar-refractivity contribution in [1.29, 1.82) is 0 Å². The van der Waals surface area contributed by atoms with Crippen LogP contribution >= 0.6 is 0 Å². The monoisotopic (exact) mass is 672 g/mol. The Balaban J connectivity index is 1.48. The second-order valence-corrected chi connectivity index (χ2v) is 16.2. The Morgan fingerprint density at radius 1 is 0.932 bits per heavy atom. The zero-order valence-electron chi connectivity index (χ0n) is 22.5. The van der Waals surface area contributed by atoms with Gasteiger partial charge in [0.2, 0.25) is 0 Å². The van der Waals surface area contributed by atoms with Crippen molar-refractivity contribution < 1.29 is 56.8 Å². The van der Waals surface area contributed by atoms with Crippen LogP contribution < -0.4 is 0 Å². The number of fused-ring (bicyclic) bond motifs is 5. The number of sulfone groups is 2. The molecule has 17 heteroatoms. The molecular weight excluding hydrogens is 648 g/mol. The van der Waals surface area contributed by atoms with E-state index in [2.05, 4.69) is 0 Å². The Kier molecular flexibility index (Phi) is 6.73. The summed E-state index contributed by atoms with van der Waals surface area (Å²) in [6.45, 7) is -0.288. The molecule has 0 aromatic heterocycles. The first kappa shape index (κ1) is 31.0. The first-order valence-corrected chi connectivity index (χ1v) is 16.7. The number of benzene rings is 2. The third-order valence-corrected chi connectivity index (χ3v) is 14.2. The minimum atomic E-state index is -6.38. The largest absolute Gasteiger partial charge is 0.435 e. The van der Waals surface area contributed by atoms with Crippen molar-refractivity contribution in [2.75, 3.05) is 18.8 Å². The Labute approximate surface area is 246 Å². The molecule has 44 heavy (non-hydrogen) atoms. The highest BCUT2D eigenvalue weighted by Crippen LogP contribution is 2.57. The molecule has 4 aliphatic rings. The lowest BCUT2D eigenvalue weighted by Crippen LogP contribution is -2.56. The van der Waals surface area contributed by atoms with Crippen molar-refractivity contribution >= 4 is 25.7 Å². The molecular formula is C27H24F8N2O5S2. The number of carbonyl (C=O) groups is 1. The number of nitrogens with zero attached hydrogens (tertiary/aromatic N) is 2. The molecule has 3 aliphatic heterocycles. The highest BCUT2D eigenvalue weighted by molar-refractivity contribution is 7.92. The Morgan fingerprint density at radius 3 is 2.11 bits per heavy atom. The predicted octanol–water partition coefficient (Wildman–Crippen LogP) is 4.80. The SMILES string of the molecule is O=C(N1C[C@@H]2C[C@H]1CS2(=O)=O)N1CC[C@@]2(S(=O)(=O)c3ccc(F)cc3)c3ccc(C(F)(C(F)(F)F)C(F)(F)F)cc3CC[C@@H]12. The van der Waals surface area contributed by atoms with Gasteiger partial charge >= 0.3 is 24.1 Å². The average Bonchev–Trinajstić information content (AvgIpc) is 3.61. The molecule has 2 amide bonds. The van der Waals surface area contributed by atoms with Gasteiger partial charge in [0.1, 0.15) is 10.6 Å². The van der Waals surface area contributed by atoms with Gasteiger partial charge in [-0.2, -0.15) is 26.3 Å². The number of aryl methyl sites for hydroxylation is 1. The van der Waals surface area contributed by atoms with Crippen LogP contribution in [0.5, 0.6) is 0 Å². The molecule has 2 aromatic carbocycles. The van der Waals surface area contributed by atoms with E-state index in [0.717, 1.165) is 30.3 Å². The molecule has 7 nitrogen and oxygen atoms in total. The summed E-state index contributed by atoms with van der Waals surface area (Å²) in [5.41, 5.74) is -7.94. The molecule has 2 bridgehead atoms. The van der Waals surface area contributed by atoms with Crippen molar-refractivity contribution in [1.82, 2.24) is 9.80 Å². The number of urea groups is 1. The lowest BCUT2D eigenvalue weighted by molar-refractivity contribution is -0.348. The van der Waals surface area contributed by atoms with Crippen LogP contribution in [-0.2, 0) is 36.5 Å². The summed E-state index contributed by atoms with van der Waals surface area (Å²) in [6, 6.07) is 2.63. The van der Waals surface area contributed by atoms with E-state index in [4.69, 9.17) is 0 Å². The van der Waals surface area contributed by atoms with Gasteiger partial charge in [0.15, 0.2) is 19.7 Å². The van der Waals surface area contributed by atoms with Gasteiger partial charge in [-0.1, -0.05) is 18.2 Å². The molecule has 6 rings (SSSR count). The van der Waals surface area contributed by atoms with Gasteiger partial charge in [-0.15, -0.1) is 0 Å². The summed E-state index contributed by atoms with van der Waals surface area (Å²) in [7, 11) is -8.01. The van der Waals surface area contributed by atoms with Crippen molar-refractivity contribution in [3.63, 3.8) is 0 Å². The fraction of sp³-hybridized carbons (Fsp3) is 0.519. The van der Waals surface area contributed by atoms with Crippen LogP contribution in [0.2, 0.25) is 0 Å². The van der Waals surface area contributed by atoms with Gasteiger partial charge in [0.25, 0.3) is 0 Å². The maximum atomic E-state index is 15.0. The Morgan fingerprint density at radius 2 is 1.57 bits per heavy atom. The quantitative estimate of drug-likeness (QED) is 0.346. The fourth-order valence-electron chi connectivity index (χ4n) is 7.38. The van der Waals surface area contributed by atoms with Crippen molar-refractivity contribution in [3.05, 3.63) is 65.0 Å². The third-order valence-electron chi connectivity index (χ3n) is 9.47. The minimum absolute atomic E-state index is 0.0970. The van der Waals surface area contributed by atoms with Crippen LogP contribution in [0.3, 0.4) is 0 Å². The zero-order valence-corrected chi connectivity index (χ0v) is 24.1. The number of rotatable bonds is 3. The van der Waals surface area contributed by atoms with Crippen molar-refractivity contribution in [3.8, 4) is 0 Å². The number of hydrogen-bond acceptors (Lipinski definition) is 5. The summed E-state index contributed by atoms with van der Waals surface area (Å²) in [5.74, 6) is -1.02. The van der Waals surface area contributed by atoms with Gasteiger partial charge < -0.3 is 9.80 Å². The minimum Gasteiger partial charge on any atom is -0.320 e. The number of hydrogen-bond donors (Lipinski definition) is 0. The zero-order chi connectivity index (χ0) is 32.3. The lowest BCUT2D eigenvalue weighted by Gasteiger charge is -2.44. The van der Waals surface area contributed by atoms with Gasteiger partial charge in [0.05, 0.1) is 21.9 Å². The molecule has 0 radical (unpaired) electrons. The fourth-order valence-corrected chi connectivity index (χ4v) is 11.8. The summed E-state index contributed by atoms with van der Waals surface area (Å²) >= 11 is 0. The van der Waals surface area contributed by atoms with Crippen LogP contribution in [0.25, 0.3) is 0 Å². The summed E-state index contributed by atoms with van der Waals surface area (Å²) in [5, 5.41) is -0.763. The van der Waals surface area contributed by atoms with Crippen molar-refractivity contribution in [2.24, 2.45) is 0 Å². The molecule has 0 saturated carbocycles. The van der Waals surface area contributed by atoms with Crippen LogP contribution in [0.1, 0.15) is 36.0 Å². The van der Waals surface area contributed by atoms with Gasteiger partial charge in [0, 0.05) is 24.7 Å². The van der Waals surface area contributed by atoms with E-state index < -0.39 is 82.1 Å². The van der Waals surface area contributed by atoms with Crippen LogP contribution in [0.4, 0.5) is 39.9 Å². The Bertz CT molecular complexity index is 1730. The number of alkyl halides is 7.